The fourth-order valence-corrected chi connectivity index (χ4v) is 3.01. The first-order valence-corrected chi connectivity index (χ1v) is 9.85. The van der Waals surface area contributed by atoms with Gasteiger partial charge >= 0.3 is 13.4 Å². The van der Waals surface area contributed by atoms with Gasteiger partial charge in [-0.05, 0) is 36.2 Å². The van der Waals surface area contributed by atoms with E-state index < -0.39 is 47.9 Å². The molecule has 158 valence electrons. The van der Waals surface area contributed by atoms with Crippen LogP contribution in [0.5, 0.6) is 11.5 Å². The van der Waals surface area contributed by atoms with Gasteiger partial charge in [0.15, 0.2) is 17.1 Å². The molecule has 3 rings (SSSR count). The van der Waals surface area contributed by atoms with E-state index in [4.69, 9.17) is 14.2 Å². The molecule has 0 saturated heterocycles. The number of amides is 1. The Morgan fingerprint density at radius 3 is 2.47 bits per heavy atom. The van der Waals surface area contributed by atoms with E-state index in [0.29, 0.717) is 12.0 Å². The Hall–Kier alpha value is -3.27. The van der Waals surface area contributed by atoms with E-state index in [9.17, 15) is 28.0 Å². The zero-order chi connectivity index (χ0) is 22.1. The third-order valence-electron chi connectivity index (χ3n) is 3.98. The van der Waals surface area contributed by atoms with Gasteiger partial charge in [0.1, 0.15) is 11.3 Å². The lowest BCUT2D eigenvalue weighted by Crippen LogP contribution is -2.30. The van der Waals surface area contributed by atoms with E-state index in [1.807, 2.05) is 0 Å². The molecule has 9 nitrogen and oxygen atoms in total. The molecule has 1 amide bonds. The lowest BCUT2D eigenvalue weighted by atomic mass is 10.1. The van der Waals surface area contributed by atoms with Gasteiger partial charge in [0.25, 0.3) is 5.91 Å². The summed E-state index contributed by atoms with van der Waals surface area (Å²) in [7, 11) is -4.66. The minimum Gasteiger partial charge on any atom is -0.503 e. The van der Waals surface area contributed by atoms with Crippen LogP contribution in [0.15, 0.2) is 45.6 Å². The second-order valence-electron chi connectivity index (χ2n) is 6.12. The van der Waals surface area contributed by atoms with Crippen LogP contribution in [-0.4, -0.2) is 27.3 Å². The number of hydrogen-bond acceptors (Lipinski definition) is 6. The van der Waals surface area contributed by atoms with Crippen molar-refractivity contribution < 1.29 is 42.0 Å². The number of hydrogen-bond donors (Lipinski definition) is 4. The van der Waals surface area contributed by atoms with Crippen molar-refractivity contribution in [3.8, 4) is 11.5 Å². The fraction of sp³-hybridized carbons (Fsp3) is 0.111. The summed E-state index contributed by atoms with van der Waals surface area (Å²) >= 11 is 0. The van der Waals surface area contributed by atoms with Crippen molar-refractivity contribution in [1.29, 1.82) is 0 Å². The average Bonchev–Trinajstić information content (AvgIpc) is 2.67. The number of phosphoric acid groups is 1. The van der Waals surface area contributed by atoms with Gasteiger partial charge < -0.3 is 19.4 Å². The number of phenols is 1. The zero-order valence-corrected chi connectivity index (χ0v) is 15.9. The lowest BCUT2D eigenvalue weighted by Gasteiger charge is -2.08. The predicted molar refractivity (Wildman–Crippen MR) is 99.2 cm³/mol. The Balaban J connectivity index is 1.68. The first kappa shape index (κ1) is 21.4. The van der Waals surface area contributed by atoms with E-state index >= 15 is 0 Å². The fourth-order valence-electron chi connectivity index (χ4n) is 2.61. The molecule has 30 heavy (non-hydrogen) atoms. The second kappa shape index (κ2) is 8.23. The molecule has 0 aliphatic rings. The molecule has 2 aromatic carbocycles. The van der Waals surface area contributed by atoms with Crippen LogP contribution in [0.2, 0.25) is 0 Å². The Morgan fingerprint density at radius 1 is 1.17 bits per heavy atom. The smallest absolute Gasteiger partial charge is 0.503 e. The number of fused-ring (bicyclic) bond motifs is 1. The normalized spacial score (nSPS) is 11.5. The molecule has 0 aliphatic carbocycles. The summed E-state index contributed by atoms with van der Waals surface area (Å²) in [4.78, 5) is 41.7. The van der Waals surface area contributed by atoms with Gasteiger partial charge in [-0.2, -0.15) is 4.39 Å². The van der Waals surface area contributed by atoms with Crippen LogP contribution < -0.4 is 15.5 Å². The van der Waals surface area contributed by atoms with Crippen molar-refractivity contribution in [3.63, 3.8) is 0 Å². The topological polar surface area (TPSA) is 146 Å². The van der Waals surface area contributed by atoms with Crippen LogP contribution in [0.1, 0.15) is 15.9 Å². The highest BCUT2D eigenvalue weighted by atomic mass is 31.2. The first-order chi connectivity index (χ1) is 14.0. The summed E-state index contributed by atoms with van der Waals surface area (Å²) < 4.78 is 47.2. The standard InChI is InChI=1S/C18H14F2NO8P/c19-13-8-10-7-12(18(24)28-16(10)14(20)15(13)22)17(23)21-6-5-9-1-3-11(4-2-9)29-30(25,26)27/h1-4,7-8,22H,5-6H2,(H,21,23)(H2,25,26,27). The van der Waals surface area contributed by atoms with Crippen molar-refractivity contribution >= 4 is 24.7 Å². The molecule has 0 aliphatic heterocycles. The van der Waals surface area contributed by atoms with Gasteiger partial charge in [-0.15, -0.1) is 0 Å². The van der Waals surface area contributed by atoms with Crippen LogP contribution in [0.4, 0.5) is 8.78 Å². The molecule has 0 spiro atoms. The van der Waals surface area contributed by atoms with Gasteiger partial charge in [-0.3, -0.25) is 14.6 Å². The molecule has 1 heterocycles. The summed E-state index contributed by atoms with van der Waals surface area (Å²) in [5.74, 6) is -4.87. The molecule has 0 atom stereocenters. The summed E-state index contributed by atoms with van der Waals surface area (Å²) in [6.45, 7) is 0.0767. The number of phosphoric ester groups is 1. The van der Waals surface area contributed by atoms with Gasteiger partial charge in [0.2, 0.25) is 5.82 Å². The number of nitrogens with one attached hydrogen (secondary N) is 1. The van der Waals surface area contributed by atoms with E-state index in [0.717, 1.165) is 12.1 Å². The minimum absolute atomic E-state index is 0.0320. The Labute approximate surface area is 166 Å². The number of aromatic hydroxyl groups is 1. The summed E-state index contributed by atoms with van der Waals surface area (Å²) in [5.41, 5.74) is -1.62. The first-order valence-electron chi connectivity index (χ1n) is 8.32. The third kappa shape index (κ3) is 4.82. The Bertz CT molecular complexity index is 1220. The largest absolute Gasteiger partial charge is 0.524 e. The maximum Gasteiger partial charge on any atom is 0.524 e. The van der Waals surface area contributed by atoms with Crippen molar-refractivity contribution in [3.05, 3.63) is 69.6 Å². The van der Waals surface area contributed by atoms with E-state index in [1.54, 1.807) is 0 Å². The second-order valence-corrected chi connectivity index (χ2v) is 7.28. The monoisotopic (exact) mass is 441 g/mol. The number of benzene rings is 2. The van der Waals surface area contributed by atoms with Crippen LogP contribution in [-0.2, 0) is 11.0 Å². The molecular formula is C18H14F2NO8P. The number of carbonyl (C=O) groups excluding carboxylic acids is 1. The van der Waals surface area contributed by atoms with Crippen LogP contribution in [0.25, 0.3) is 11.0 Å². The number of phenolic OH excluding ortho intramolecular Hbond substituents is 1. The minimum atomic E-state index is -4.66. The molecule has 12 heteroatoms. The molecule has 3 aromatic rings. The van der Waals surface area contributed by atoms with Crippen molar-refractivity contribution in [1.82, 2.24) is 5.32 Å². The molecule has 4 N–H and O–H groups in total. The van der Waals surface area contributed by atoms with E-state index in [1.165, 1.54) is 24.3 Å². The highest BCUT2D eigenvalue weighted by Gasteiger charge is 2.20. The molecule has 0 bridgehead atoms. The van der Waals surface area contributed by atoms with Crippen molar-refractivity contribution in [2.75, 3.05) is 6.54 Å². The third-order valence-corrected chi connectivity index (χ3v) is 4.43. The van der Waals surface area contributed by atoms with Gasteiger partial charge in [-0.1, -0.05) is 12.1 Å². The maximum atomic E-state index is 13.8. The van der Waals surface area contributed by atoms with Crippen molar-refractivity contribution in [2.24, 2.45) is 0 Å². The molecule has 0 fully saturated rings. The SMILES string of the molecule is O=C(NCCc1ccc(OP(=O)(O)O)cc1)c1cc2cc(F)c(O)c(F)c2oc1=O. The van der Waals surface area contributed by atoms with Crippen LogP contribution in [0.3, 0.4) is 0 Å². The van der Waals surface area contributed by atoms with E-state index in [2.05, 4.69) is 9.84 Å². The van der Waals surface area contributed by atoms with Gasteiger partial charge in [-0.25, -0.2) is 13.8 Å². The molecule has 1 aromatic heterocycles. The molecule has 0 unspecified atom stereocenters. The average molecular weight is 441 g/mol. The highest BCUT2D eigenvalue weighted by molar-refractivity contribution is 7.46. The Kier molecular flexibility index (Phi) is 5.88. The molecule has 0 radical (unpaired) electrons. The van der Waals surface area contributed by atoms with Crippen LogP contribution >= 0.6 is 7.82 Å². The summed E-state index contributed by atoms with van der Waals surface area (Å²) in [6, 6.07) is 7.42. The molecular weight excluding hydrogens is 427 g/mol. The predicted octanol–water partition coefficient (Wildman–Crippen LogP) is 2.22. The van der Waals surface area contributed by atoms with Crippen LogP contribution in [0, 0.1) is 11.6 Å². The highest BCUT2D eigenvalue weighted by Crippen LogP contribution is 2.37. The zero-order valence-electron chi connectivity index (χ0n) is 15.0. The molecule has 0 saturated carbocycles. The quantitative estimate of drug-likeness (QED) is 0.337. The summed E-state index contributed by atoms with van der Waals surface area (Å²) in [6.07, 6.45) is 0.304. The number of rotatable bonds is 6. The number of halogens is 2. The van der Waals surface area contributed by atoms with E-state index in [-0.39, 0.29) is 17.7 Å². The number of carbonyl (C=O) groups is 1. The Morgan fingerprint density at radius 2 is 1.83 bits per heavy atom. The lowest BCUT2D eigenvalue weighted by molar-refractivity contribution is 0.0950. The summed E-state index contributed by atoms with van der Waals surface area (Å²) in [5, 5.41) is 11.5. The van der Waals surface area contributed by atoms with Crippen molar-refractivity contribution in [2.45, 2.75) is 6.42 Å². The maximum absolute atomic E-state index is 13.8. The van der Waals surface area contributed by atoms with Gasteiger partial charge in [0, 0.05) is 11.9 Å². The van der Waals surface area contributed by atoms with Gasteiger partial charge in [0.05, 0.1) is 0 Å².